The Hall–Kier alpha value is -0.310. The van der Waals surface area contributed by atoms with Gasteiger partial charge in [-0.15, -0.1) is 0 Å². The van der Waals surface area contributed by atoms with E-state index in [4.69, 9.17) is 0 Å². The van der Waals surface area contributed by atoms with E-state index in [1.54, 1.807) is 4.90 Å². The number of hydrogen-bond donors (Lipinski definition) is 0. The van der Waals surface area contributed by atoms with Gasteiger partial charge in [0.25, 0.3) is 0 Å². The highest BCUT2D eigenvalue weighted by atomic mass is 79.9. The average molecular weight is 192 g/mol. The van der Waals surface area contributed by atoms with E-state index in [0.29, 0.717) is 0 Å². The first-order chi connectivity index (χ1) is 4.18. The van der Waals surface area contributed by atoms with Crippen LogP contribution in [0.5, 0.6) is 0 Å². The summed E-state index contributed by atoms with van der Waals surface area (Å²) in [5, 5.41) is 0. The van der Waals surface area contributed by atoms with E-state index in [1.807, 2.05) is 7.05 Å². The predicted octanol–water partition coefficient (Wildman–Crippen LogP) is 2.02. The smallest absolute Gasteiger partial charge is 0.139 e. The molecule has 3 heteroatoms. The number of halogens is 2. The maximum Gasteiger partial charge on any atom is 0.139 e. The van der Waals surface area contributed by atoms with Gasteiger partial charge >= 0.3 is 0 Å². The Bertz CT molecular complexity index is 174. The Morgan fingerprint density at radius 3 is 2.89 bits per heavy atom. The summed E-state index contributed by atoms with van der Waals surface area (Å²) in [7, 11) is 1.83. The molecular formula is C6H7BrFN. The molecule has 0 bridgehead atoms. The molecule has 1 heterocycles. The van der Waals surface area contributed by atoms with Gasteiger partial charge < -0.3 is 4.90 Å². The zero-order chi connectivity index (χ0) is 6.85. The molecule has 0 aromatic rings. The van der Waals surface area contributed by atoms with Gasteiger partial charge in [0.15, 0.2) is 0 Å². The normalized spacial score (nSPS) is 19.2. The van der Waals surface area contributed by atoms with Crippen LogP contribution < -0.4 is 0 Å². The van der Waals surface area contributed by atoms with Gasteiger partial charge in [0.05, 0.1) is 0 Å². The van der Waals surface area contributed by atoms with Gasteiger partial charge in [0, 0.05) is 24.3 Å². The predicted molar refractivity (Wildman–Crippen MR) is 38.8 cm³/mol. The maximum absolute atomic E-state index is 12.4. The second-order valence-corrected chi connectivity index (χ2v) is 3.04. The summed E-state index contributed by atoms with van der Waals surface area (Å²) >= 11 is 3.21. The van der Waals surface area contributed by atoms with Crippen LogP contribution in [-0.2, 0) is 0 Å². The fraction of sp³-hybridized carbons (Fsp3) is 0.333. The molecule has 1 aliphatic heterocycles. The summed E-state index contributed by atoms with van der Waals surface area (Å²) in [6, 6.07) is 0. The van der Waals surface area contributed by atoms with Crippen LogP contribution in [0.1, 0.15) is 0 Å². The number of nitrogens with zero attached hydrogens (tertiary/aromatic N) is 1. The third-order valence-corrected chi connectivity index (χ3v) is 1.52. The first kappa shape index (κ1) is 6.81. The second kappa shape index (κ2) is 2.52. The highest BCUT2D eigenvalue weighted by Gasteiger charge is 2.04. The quantitative estimate of drug-likeness (QED) is 0.567. The van der Waals surface area contributed by atoms with Gasteiger partial charge in [-0.2, -0.15) is 0 Å². The zero-order valence-electron chi connectivity index (χ0n) is 5.06. The fourth-order valence-corrected chi connectivity index (χ4v) is 1.34. The van der Waals surface area contributed by atoms with Gasteiger partial charge in [0.1, 0.15) is 5.83 Å². The van der Waals surface area contributed by atoms with Crippen LogP contribution in [0.4, 0.5) is 4.39 Å². The standard InChI is InChI=1S/C6H7BrFN/c1-9-3-5(7)2-6(8)4-9/h2,4H,3H2,1H3. The minimum absolute atomic E-state index is 0.198. The Kier molecular flexibility index (Phi) is 1.90. The highest BCUT2D eigenvalue weighted by molar-refractivity contribution is 9.11. The minimum atomic E-state index is -0.198. The Morgan fingerprint density at radius 2 is 2.44 bits per heavy atom. The summed E-state index contributed by atoms with van der Waals surface area (Å²) in [6.07, 6.45) is 2.94. The van der Waals surface area contributed by atoms with Crippen molar-refractivity contribution in [2.75, 3.05) is 13.6 Å². The van der Waals surface area contributed by atoms with Crippen LogP contribution in [0.15, 0.2) is 22.6 Å². The molecule has 0 aromatic carbocycles. The van der Waals surface area contributed by atoms with Gasteiger partial charge in [-0.3, -0.25) is 0 Å². The third-order valence-electron chi connectivity index (χ3n) is 1.04. The highest BCUT2D eigenvalue weighted by Crippen LogP contribution is 2.16. The van der Waals surface area contributed by atoms with Crippen LogP contribution in [0.25, 0.3) is 0 Å². The summed E-state index contributed by atoms with van der Waals surface area (Å²) in [5.41, 5.74) is 0. The molecule has 0 unspecified atom stereocenters. The lowest BCUT2D eigenvalue weighted by Crippen LogP contribution is -2.15. The molecule has 0 radical (unpaired) electrons. The van der Waals surface area contributed by atoms with Crippen molar-refractivity contribution in [1.82, 2.24) is 4.90 Å². The first-order valence-electron chi connectivity index (χ1n) is 2.62. The van der Waals surface area contributed by atoms with Crippen LogP contribution in [-0.4, -0.2) is 18.5 Å². The van der Waals surface area contributed by atoms with Crippen LogP contribution >= 0.6 is 15.9 Å². The third kappa shape index (κ3) is 1.82. The topological polar surface area (TPSA) is 3.24 Å². The van der Waals surface area contributed by atoms with Gasteiger partial charge in [0.2, 0.25) is 0 Å². The van der Waals surface area contributed by atoms with E-state index >= 15 is 0 Å². The van der Waals surface area contributed by atoms with Crippen molar-refractivity contribution in [2.45, 2.75) is 0 Å². The Balaban J connectivity index is 2.74. The lowest BCUT2D eigenvalue weighted by Gasteiger charge is -2.16. The number of rotatable bonds is 0. The summed E-state index contributed by atoms with van der Waals surface area (Å²) in [4.78, 5) is 1.78. The van der Waals surface area contributed by atoms with E-state index < -0.39 is 0 Å². The van der Waals surface area contributed by atoms with E-state index in [0.717, 1.165) is 11.0 Å². The number of allylic oxidation sites excluding steroid dienone is 2. The fourth-order valence-electron chi connectivity index (χ4n) is 0.727. The molecule has 50 valence electrons. The molecular weight excluding hydrogens is 185 g/mol. The van der Waals surface area contributed by atoms with Gasteiger partial charge in [-0.05, 0) is 6.08 Å². The van der Waals surface area contributed by atoms with Crippen molar-refractivity contribution in [2.24, 2.45) is 0 Å². The summed E-state index contributed by atoms with van der Waals surface area (Å²) < 4.78 is 13.3. The molecule has 1 rings (SSSR count). The monoisotopic (exact) mass is 191 g/mol. The van der Waals surface area contributed by atoms with E-state index in [-0.39, 0.29) is 5.83 Å². The van der Waals surface area contributed by atoms with Crippen molar-refractivity contribution in [1.29, 1.82) is 0 Å². The largest absolute Gasteiger partial charge is 0.373 e. The van der Waals surface area contributed by atoms with E-state index in [2.05, 4.69) is 15.9 Å². The lowest BCUT2D eigenvalue weighted by molar-refractivity contribution is 0.472. The molecule has 0 amide bonds. The number of hydrogen-bond acceptors (Lipinski definition) is 1. The first-order valence-corrected chi connectivity index (χ1v) is 3.41. The van der Waals surface area contributed by atoms with Crippen molar-refractivity contribution in [3.63, 3.8) is 0 Å². The molecule has 0 fully saturated rings. The summed E-state index contributed by atoms with van der Waals surface area (Å²) in [6.45, 7) is 0.757. The van der Waals surface area contributed by atoms with Gasteiger partial charge in [-0.25, -0.2) is 4.39 Å². The molecule has 0 saturated carbocycles. The Morgan fingerprint density at radius 1 is 1.78 bits per heavy atom. The second-order valence-electron chi connectivity index (χ2n) is 2.02. The molecule has 0 atom stereocenters. The SMILES string of the molecule is CN1C=C(F)C=C(Br)C1. The van der Waals surface area contributed by atoms with Crippen LogP contribution in [0.2, 0.25) is 0 Å². The maximum atomic E-state index is 12.4. The van der Waals surface area contributed by atoms with Crippen molar-refractivity contribution < 1.29 is 4.39 Å². The molecule has 0 N–H and O–H groups in total. The Labute approximate surface area is 62.0 Å². The van der Waals surface area contributed by atoms with E-state index in [9.17, 15) is 4.39 Å². The molecule has 1 aliphatic rings. The van der Waals surface area contributed by atoms with Crippen LogP contribution in [0, 0.1) is 0 Å². The van der Waals surface area contributed by atoms with Crippen molar-refractivity contribution in [3.05, 3.63) is 22.6 Å². The molecule has 0 aromatic heterocycles. The molecule has 0 saturated heterocycles. The molecule has 9 heavy (non-hydrogen) atoms. The average Bonchev–Trinajstić information content (AvgIpc) is 1.59. The van der Waals surface area contributed by atoms with Crippen molar-refractivity contribution >= 4 is 15.9 Å². The molecule has 1 nitrogen and oxygen atoms in total. The zero-order valence-corrected chi connectivity index (χ0v) is 6.65. The van der Waals surface area contributed by atoms with Gasteiger partial charge in [-0.1, -0.05) is 15.9 Å². The molecule has 0 spiro atoms. The van der Waals surface area contributed by atoms with Crippen molar-refractivity contribution in [3.8, 4) is 0 Å². The van der Waals surface area contributed by atoms with E-state index in [1.165, 1.54) is 12.3 Å². The van der Waals surface area contributed by atoms with Crippen LogP contribution in [0.3, 0.4) is 0 Å². The minimum Gasteiger partial charge on any atom is -0.373 e. The number of likely N-dealkylation sites (N-methyl/N-ethyl adjacent to an activating group) is 1. The molecule has 0 aliphatic carbocycles. The lowest BCUT2D eigenvalue weighted by atomic mass is 10.3. The summed E-state index contributed by atoms with van der Waals surface area (Å²) in [5.74, 6) is -0.198.